The Bertz CT molecular complexity index is 1130. The van der Waals surface area contributed by atoms with Gasteiger partial charge in [-0.15, -0.1) is 11.3 Å². The van der Waals surface area contributed by atoms with Gasteiger partial charge in [-0.2, -0.15) is 5.10 Å². The van der Waals surface area contributed by atoms with E-state index in [-0.39, 0.29) is 5.91 Å². The van der Waals surface area contributed by atoms with E-state index in [0.29, 0.717) is 5.56 Å². The maximum Gasteiger partial charge on any atom is 0.257 e. The van der Waals surface area contributed by atoms with Crippen LogP contribution in [0, 0.1) is 0 Å². The molecule has 4 aromatic rings. The van der Waals surface area contributed by atoms with Crippen LogP contribution in [0.5, 0.6) is 0 Å². The summed E-state index contributed by atoms with van der Waals surface area (Å²) in [7, 11) is 0. The first-order valence-corrected chi connectivity index (χ1v) is 11.4. The zero-order valence-electron chi connectivity index (χ0n) is 17.2. The summed E-state index contributed by atoms with van der Waals surface area (Å²) in [6.45, 7) is 4.14. The van der Waals surface area contributed by atoms with E-state index in [0.717, 1.165) is 49.0 Å². The second kappa shape index (κ2) is 8.88. The van der Waals surface area contributed by atoms with Crippen LogP contribution in [0.15, 0.2) is 84.4 Å². The molecule has 0 saturated carbocycles. The van der Waals surface area contributed by atoms with Gasteiger partial charge in [0.25, 0.3) is 5.91 Å². The Balaban J connectivity index is 1.35. The Hall–Kier alpha value is -3.22. The highest BCUT2D eigenvalue weighted by molar-refractivity contribution is 7.13. The maximum absolute atomic E-state index is 13.5. The molecule has 0 atom stereocenters. The van der Waals surface area contributed by atoms with Crippen LogP contribution in [-0.2, 0) is 6.54 Å². The topological polar surface area (TPSA) is 41.4 Å². The monoisotopic (exact) mass is 428 g/mol. The third-order valence-electron chi connectivity index (χ3n) is 5.63. The van der Waals surface area contributed by atoms with Gasteiger partial charge in [-0.3, -0.25) is 9.69 Å². The highest BCUT2D eigenvalue weighted by Gasteiger charge is 2.27. The van der Waals surface area contributed by atoms with Gasteiger partial charge in [-0.1, -0.05) is 54.6 Å². The van der Waals surface area contributed by atoms with Crippen LogP contribution in [0.4, 0.5) is 0 Å². The predicted octanol–water partition coefficient (Wildman–Crippen LogP) is 4.56. The van der Waals surface area contributed by atoms with E-state index in [4.69, 9.17) is 5.10 Å². The molecule has 0 unspecified atom stereocenters. The van der Waals surface area contributed by atoms with Crippen molar-refractivity contribution < 1.29 is 4.79 Å². The molecule has 1 fully saturated rings. The Morgan fingerprint density at radius 2 is 1.58 bits per heavy atom. The summed E-state index contributed by atoms with van der Waals surface area (Å²) in [6, 6.07) is 24.5. The molecule has 0 aliphatic carbocycles. The van der Waals surface area contributed by atoms with E-state index in [1.807, 2.05) is 69.7 Å². The number of carbonyl (C=O) groups excluding carboxylic acids is 1. The molecule has 0 radical (unpaired) electrons. The molecule has 2 aromatic heterocycles. The number of aromatic nitrogens is 2. The van der Waals surface area contributed by atoms with E-state index >= 15 is 0 Å². The normalized spacial score (nSPS) is 14.6. The average Bonchev–Trinajstić information content (AvgIpc) is 3.51. The molecule has 1 amide bonds. The smallest absolute Gasteiger partial charge is 0.257 e. The Morgan fingerprint density at radius 1 is 0.871 bits per heavy atom. The van der Waals surface area contributed by atoms with Crippen LogP contribution in [0.2, 0.25) is 0 Å². The van der Waals surface area contributed by atoms with Crippen LogP contribution in [-0.4, -0.2) is 51.7 Å². The quantitative estimate of drug-likeness (QED) is 0.468. The van der Waals surface area contributed by atoms with E-state index < -0.39 is 0 Å². The summed E-state index contributed by atoms with van der Waals surface area (Å²) in [5.41, 5.74) is 3.69. The number of hydrogen-bond donors (Lipinski definition) is 0. The van der Waals surface area contributed by atoms with Crippen molar-refractivity contribution in [1.82, 2.24) is 19.6 Å². The van der Waals surface area contributed by atoms with Gasteiger partial charge in [-0.05, 0) is 29.1 Å². The van der Waals surface area contributed by atoms with Gasteiger partial charge in [0.05, 0.1) is 16.1 Å². The Morgan fingerprint density at radius 3 is 2.26 bits per heavy atom. The lowest BCUT2D eigenvalue weighted by molar-refractivity contribution is 0.0629. The second-order valence-electron chi connectivity index (χ2n) is 7.70. The number of rotatable bonds is 5. The second-order valence-corrected chi connectivity index (χ2v) is 8.65. The van der Waals surface area contributed by atoms with Crippen molar-refractivity contribution in [1.29, 1.82) is 0 Å². The first-order chi connectivity index (χ1) is 15.3. The molecular formula is C25H24N4OS. The fraction of sp³-hybridized carbons (Fsp3) is 0.200. The summed E-state index contributed by atoms with van der Waals surface area (Å²) < 4.78 is 1.81. The van der Waals surface area contributed by atoms with Crippen LogP contribution < -0.4 is 0 Å². The Labute approximate surface area is 186 Å². The first-order valence-electron chi connectivity index (χ1n) is 10.5. The standard InChI is InChI=1S/C25H24N4OS/c30-25(28-15-13-27(14-16-28)18-20-8-3-1-4-9-20)22-19-29(21-10-5-2-6-11-21)26-24(22)23-12-7-17-31-23/h1-12,17,19H,13-16,18H2. The SMILES string of the molecule is O=C(c1cn(-c2ccccc2)nc1-c1cccs1)N1CCN(Cc2ccccc2)CC1. The van der Waals surface area contributed by atoms with E-state index in [9.17, 15) is 4.79 Å². The van der Waals surface area contributed by atoms with Crippen molar-refractivity contribution in [3.63, 3.8) is 0 Å². The summed E-state index contributed by atoms with van der Waals surface area (Å²) in [6.07, 6.45) is 1.88. The van der Waals surface area contributed by atoms with Crippen molar-refractivity contribution in [3.8, 4) is 16.3 Å². The molecule has 31 heavy (non-hydrogen) atoms. The minimum Gasteiger partial charge on any atom is -0.336 e. The minimum absolute atomic E-state index is 0.0601. The largest absolute Gasteiger partial charge is 0.336 e. The van der Waals surface area contributed by atoms with Crippen molar-refractivity contribution in [3.05, 3.63) is 95.5 Å². The lowest BCUT2D eigenvalue weighted by Gasteiger charge is -2.34. The summed E-state index contributed by atoms with van der Waals surface area (Å²) in [5.74, 6) is 0.0601. The molecule has 0 bridgehead atoms. The molecule has 156 valence electrons. The molecule has 5 rings (SSSR count). The van der Waals surface area contributed by atoms with Crippen molar-refractivity contribution in [2.24, 2.45) is 0 Å². The lowest BCUT2D eigenvalue weighted by atomic mass is 10.1. The summed E-state index contributed by atoms with van der Waals surface area (Å²) in [4.78, 5) is 18.9. The average molecular weight is 429 g/mol. The van der Waals surface area contributed by atoms with Crippen molar-refractivity contribution in [2.45, 2.75) is 6.54 Å². The Kier molecular flexibility index (Phi) is 5.65. The zero-order valence-corrected chi connectivity index (χ0v) is 18.0. The molecule has 0 spiro atoms. The molecule has 2 aromatic carbocycles. The molecule has 5 nitrogen and oxygen atoms in total. The molecule has 1 aliphatic rings. The summed E-state index contributed by atoms with van der Waals surface area (Å²) in [5, 5.41) is 6.80. The predicted molar refractivity (Wildman–Crippen MR) is 124 cm³/mol. The lowest BCUT2D eigenvalue weighted by Crippen LogP contribution is -2.48. The number of benzene rings is 2. The van der Waals surface area contributed by atoms with Gasteiger partial charge in [0, 0.05) is 38.9 Å². The third kappa shape index (κ3) is 4.31. The van der Waals surface area contributed by atoms with Gasteiger partial charge >= 0.3 is 0 Å². The van der Waals surface area contributed by atoms with Crippen LogP contribution in [0.25, 0.3) is 16.3 Å². The number of hydrogen-bond acceptors (Lipinski definition) is 4. The number of nitrogens with zero attached hydrogens (tertiary/aromatic N) is 4. The summed E-state index contributed by atoms with van der Waals surface area (Å²) >= 11 is 1.61. The van der Waals surface area contributed by atoms with Crippen LogP contribution in [0.3, 0.4) is 0 Å². The molecule has 1 saturated heterocycles. The van der Waals surface area contributed by atoms with Crippen molar-refractivity contribution >= 4 is 17.2 Å². The van der Waals surface area contributed by atoms with Crippen molar-refractivity contribution in [2.75, 3.05) is 26.2 Å². The number of piperazine rings is 1. The molecule has 0 N–H and O–H groups in total. The fourth-order valence-electron chi connectivity index (χ4n) is 3.96. The van der Waals surface area contributed by atoms with E-state index in [1.165, 1.54) is 5.56 Å². The van der Waals surface area contributed by atoms with Crippen LogP contribution >= 0.6 is 11.3 Å². The number of carbonyl (C=O) groups is 1. The highest BCUT2D eigenvalue weighted by Crippen LogP contribution is 2.29. The number of thiophene rings is 1. The van der Waals surface area contributed by atoms with Gasteiger partial charge in [-0.25, -0.2) is 4.68 Å². The van der Waals surface area contributed by atoms with E-state index in [1.54, 1.807) is 11.3 Å². The van der Waals surface area contributed by atoms with E-state index in [2.05, 4.69) is 29.2 Å². The third-order valence-corrected chi connectivity index (χ3v) is 6.51. The molecular weight excluding hydrogens is 404 g/mol. The molecule has 1 aliphatic heterocycles. The minimum atomic E-state index is 0.0601. The molecule has 3 heterocycles. The van der Waals surface area contributed by atoms with Gasteiger partial charge in [0.15, 0.2) is 0 Å². The van der Waals surface area contributed by atoms with Gasteiger partial charge in [0.1, 0.15) is 5.69 Å². The van der Waals surface area contributed by atoms with Crippen LogP contribution in [0.1, 0.15) is 15.9 Å². The number of para-hydroxylation sites is 1. The zero-order chi connectivity index (χ0) is 21.0. The number of amides is 1. The molecule has 6 heteroatoms. The maximum atomic E-state index is 13.5. The van der Waals surface area contributed by atoms with Gasteiger partial charge < -0.3 is 4.90 Å². The highest BCUT2D eigenvalue weighted by atomic mass is 32.1. The van der Waals surface area contributed by atoms with Gasteiger partial charge in [0.2, 0.25) is 0 Å². The first kappa shape index (κ1) is 19.7. The fourth-order valence-corrected chi connectivity index (χ4v) is 4.68.